The summed E-state index contributed by atoms with van der Waals surface area (Å²) in [6.07, 6.45) is 0. The molecule has 0 atom stereocenters. The molecule has 1 aromatic heterocycles. The molecular formula is C43H33NO2. The molecular weight excluding hydrogens is 562 g/mol. The van der Waals surface area contributed by atoms with Crippen molar-refractivity contribution in [3.63, 3.8) is 0 Å². The summed E-state index contributed by atoms with van der Waals surface area (Å²) < 4.78 is 6.35. The molecule has 3 nitrogen and oxygen atoms in total. The fourth-order valence-corrected chi connectivity index (χ4v) is 8.12. The largest absolute Gasteiger partial charge is 0.456 e. The zero-order valence-electron chi connectivity index (χ0n) is 26.4. The Balaban J connectivity index is 1.18. The predicted octanol–water partition coefficient (Wildman–Crippen LogP) is 11.2. The number of furan rings is 1. The number of benzene rings is 6. The van der Waals surface area contributed by atoms with Crippen molar-refractivity contribution in [3.8, 4) is 11.1 Å². The molecule has 46 heavy (non-hydrogen) atoms. The molecule has 0 bridgehead atoms. The summed E-state index contributed by atoms with van der Waals surface area (Å²) in [6, 6.07) is 44.6. The van der Waals surface area contributed by atoms with E-state index in [1.165, 1.54) is 27.9 Å². The van der Waals surface area contributed by atoms with Crippen molar-refractivity contribution in [2.75, 3.05) is 4.90 Å². The summed E-state index contributed by atoms with van der Waals surface area (Å²) in [5, 5.41) is 2.33. The van der Waals surface area contributed by atoms with E-state index in [0.717, 1.165) is 55.6 Å². The fraction of sp³-hybridized carbons (Fsp3) is 0.140. The molecule has 2 aliphatic rings. The van der Waals surface area contributed by atoms with Crippen LogP contribution in [0.4, 0.5) is 17.1 Å². The van der Waals surface area contributed by atoms with Gasteiger partial charge in [-0.05, 0) is 75.8 Å². The van der Waals surface area contributed by atoms with E-state index >= 15 is 0 Å². The highest BCUT2D eigenvalue weighted by molar-refractivity contribution is 6.13. The zero-order valence-corrected chi connectivity index (χ0v) is 26.4. The molecule has 0 N–H and O–H groups in total. The van der Waals surface area contributed by atoms with Crippen LogP contribution in [-0.2, 0) is 10.8 Å². The SMILES string of the molecule is CC1(C)c2ccccc2C(=O)c2ccc(-c3ccc(N4c5ccccc5C(C)(C)c5c4ccc4oc6ccccc6c54)cc3)cc21. The Kier molecular flexibility index (Phi) is 5.45. The zero-order chi connectivity index (χ0) is 31.4. The molecule has 9 rings (SSSR count). The van der Waals surface area contributed by atoms with E-state index in [9.17, 15) is 4.79 Å². The minimum atomic E-state index is -0.271. The molecule has 0 radical (unpaired) electrons. The van der Waals surface area contributed by atoms with Crippen LogP contribution in [0, 0.1) is 0 Å². The van der Waals surface area contributed by atoms with E-state index in [1.807, 2.05) is 30.3 Å². The molecule has 1 aliphatic heterocycles. The Bertz CT molecular complexity index is 2390. The van der Waals surface area contributed by atoms with Crippen LogP contribution < -0.4 is 4.90 Å². The van der Waals surface area contributed by atoms with Gasteiger partial charge < -0.3 is 9.32 Å². The van der Waals surface area contributed by atoms with Gasteiger partial charge in [0.2, 0.25) is 0 Å². The van der Waals surface area contributed by atoms with Crippen LogP contribution in [0.15, 0.2) is 132 Å². The summed E-state index contributed by atoms with van der Waals surface area (Å²) in [7, 11) is 0. The van der Waals surface area contributed by atoms with Crippen LogP contribution in [0.5, 0.6) is 0 Å². The molecule has 0 unspecified atom stereocenters. The first-order chi connectivity index (χ1) is 22.2. The first-order valence-corrected chi connectivity index (χ1v) is 16.0. The highest BCUT2D eigenvalue weighted by Gasteiger charge is 2.40. The van der Waals surface area contributed by atoms with Gasteiger partial charge in [0.15, 0.2) is 5.78 Å². The number of nitrogens with zero attached hydrogens (tertiary/aromatic N) is 1. The van der Waals surface area contributed by atoms with Crippen LogP contribution >= 0.6 is 0 Å². The molecule has 0 spiro atoms. The minimum absolute atomic E-state index is 0.108. The normalized spacial score (nSPS) is 15.7. The van der Waals surface area contributed by atoms with Gasteiger partial charge in [0, 0.05) is 38.4 Å². The Morgan fingerprint density at radius 2 is 1.22 bits per heavy atom. The molecule has 2 heterocycles. The van der Waals surface area contributed by atoms with Gasteiger partial charge in [-0.2, -0.15) is 0 Å². The first kappa shape index (κ1) is 26.9. The number of carbonyl (C=O) groups is 1. The second kappa shape index (κ2) is 9.31. The smallest absolute Gasteiger partial charge is 0.193 e. The Morgan fingerprint density at radius 1 is 0.543 bits per heavy atom. The highest BCUT2D eigenvalue weighted by Crippen LogP contribution is 2.55. The van der Waals surface area contributed by atoms with Crippen molar-refractivity contribution in [1.82, 2.24) is 0 Å². The number of fused-ring (bicyclic) bond motifs is 8. The number of hydrogen-bond donors (Lipinski definition) is 0. The molecule has 7 aromatic rings. The summed E-state index contributed by atoms with van der Waals surface area (Å²) in [6.45, 7) is 9.09. The lowest BCUT2D eigenvalue weighted by Crippen LogP contribution is -2.30. The summed E-state index contributed by atoms with van der Waals surface area (Å²) in [5.41, 5.74) is 13.3. The van der Waals surface area contributed by atoms with Gasteiger partial charge >= 0.3 is 0 Å². The maximum Gasteiger partial charge on any atom is 0.193 e. The minimum Gasteiger partial charge on any atom is -0.456 e. The number of carbonyl (C=O) groups excluding carboxylic acids is 1. The maximum absolute atomic E-state index is 13.4. The fourth-order valence-electron chi connectivity index (χ4n) is 8.12. The molecule has 6 aromatic carbocycles. The third kappa shape index (κ3) is 3.57. The average molecular weight is 596 g/mol. The molecule has 0 saturated carbocycles. The number of ketones is 1. The lowest BCUT2D eigenvalue weighted by molar-refractivity contribution is 0.103. The van der Waals surface area contributed by atoms with Crippen LogP contribution in [0.1, 0.15) is 65.9 Å². The molecule has 3 heteroatoms. The summed E-state index contributed by atoms with van der Waals surface area (Å²) in [5.74, 6) is 0.108. The van der Waals surface area contributed by atoms with Crippen LogP contribution in [0.3, 0.4) is 0 Å². The van der Waals surface area contributed by atoms with Gasteiger partial charge in [0.1, 0.15) is 11.2 Å². The maximum atomic E-state index is 13.4. The van der Waals surface area contributed by atoms with Gasteiger partial charge in [-0.1, -0.05) is 113 Å². The lowest BCUT2D eigenvalue weighted by Gasteiger charge is -2.42. The first-order valence-electron chi connectivity index (χ1n) is 16.0. The van der Waals surface area contributed by atoms with E-state index in [4.69, 9.17) is 4.42 Å². The van der Waals surface area contributed by atoms with Crippen molar-refractivity contribution in [1.29, 1.82) is 0 Å². The number of rotatable bonds is 2. The molecule has 222 valence electrons. The molecule has 0 saturated heterocycles. The Hall–Kier alpha value is -5.41. The van der Waals surface area contributed by atoms with E-state index in [-0.39, 0.29) is 16.6 Å². The van der Waals surface area contributed by atoms with Crippen molar-refractivity contribution >= 4 is 44.8 Å². The van der Waals surface area contributed by atoms with Crippen molar-refractivity contribution < 1.29 is 9.21 Å². The van der Waals surface area contributed by atoms with Crippen LogP contribution in [-0.4, -0.2) is 5.78 Å². The third-order valence-electron chi connectivity index (χ3n) is 10.4. The quantitative estimate of drug-likeness (QED) is 0.199. The van der Waals surface area contributed by atoms with Gasteiger partial charge in [-0.25, -0.2) is 0 Å². The monoisotopic (exact) mass is 595 g/mol. The molecule has 0 fully saturated rings. The van der Waals surface area contributed by atoms with Crippen molar-refractivity contribution in [2.45, 2.75) is 38.5 Å². The number of hydrogen-bond acceptors (Lipinski definition) is 3. The lowest BCUT2D eigenvalue weighted by atomic mass is 9.68. The van der Waals surface area contributed by atoms with Crippen molar-refractivity contribution in [3.05, 3.63) is 161 Å². The van der Waals surface area contributed by atoms with E-state index in [0.29, 0.717) is 0 Å². The van der Waals surface area contributed by atoms with Crippen LogP contribution in [0.2, 0.25) is 0 Å². The predicted molar refractivity (Wildman–Crippen MR) is 188 cm³/mol. The van der Waals surface area contributed by atoms with Gasteiger partial charge in [0.05, 0.1) is 11.4 Å². The second-order valence-electron chi connectivity index (χ2n) is 13.7. The Morgan fingerprint density at radius 3 is 2.04 bits per heavy atom. The second-order valence-corrected chi connectivity index (χ2v) is 13.7. The number of para-hydroxylation sites is 2. The number of anilines is 3. The van der Waals surface area contributed by atoms with Gasteiger partial charge in [0.25, 0.3) is 0 Å². The van der Waals surface area contributed by atoms with Gasteiger partial charge in [-0.3, -0.25) is 4.79 Å². The van der Waals surface area contributed by atoms with E-state index < -0.39 is 0 Å². The van der Waals surface area contributed by atoms with E-state index in [1.54, 1.807) is 0 Å². The topological polar surface area (TPSA) is 33.5 Å². The standard InChI is InChI=1S/C43H33NO2/c1-42(2)32-13-7-5-11-29(32)41(45)30-22-19-27(25-34(30)42)26-17-20-28(21-18-26)44-35-15-9-8-14-33(35)43(3,4)40-36(44)23-24-38-39(40)31-12-6-10-16-37(31)46-38/h5-25H,1-4H3. The summed E-state index contributed by atoms with van der Waals surface area (Å²) >= 11 is 0. The third-order valence-corrected chi connectivity index (χ3v) is 10.4. The van der Waals surface area contributed by atoms with Crippen molar-refractivity contribution in [2.24, 2.45) is 0 Å². The summed E-state index contributed by atoms with van der Waals surface area (Å²) in [4.78, 5) is 15.8. The van der Waals surface area contributed by atoms with E-state index in [2.05, 4.69) is 130 Å². The Labute approximate surface area is 268 Å². The molecule has 1 aliphatic carbocycles. The molecule has 0 amide bonds. The van der Waals surface area contributed by atoms with Gasteiger partial charge in [-0.15, -0.1) is 0 Å². The van der Waals surface area contributed by atoms with Crippen LogP contribution in [0.25, 0.3) is 33.1 Å². The highest BCUT2D eigenvalue weighted by atomic mass is 16.3. The average Bonchev–Trinajstić information content (AvgIpc) is 3.46.